The van der Waals surface area contributed by atoms with Crippen molar-refractivity contribution >= 4 is 17.5 Å². The van der Waals surface area contributed by atoms with Crippen LogP contribution in [0.3, 0.4) is 0 Å². The molecule has 1 aliphatic heterocycles. The molecule has 3 N–H and O–H groups in total. The molecule has 5 nitrogen and oxygen atoms in total. The van der Waals surface area contributed by atoms with E-state index in [0.29, 0.717) is 12.0 Å². The Balaban J connectivity index is 1.77. The van der Waals surface area contributed by atoms with Gasteiger partial charge >= 0.3 is 0 Å². The Morgan fingerprint density at radius 1 is 1.07 bits per heavy atom. The number of primary amides is 1. The van der Waals surface area contributed by atoms with Gasteiger partial charge in [0.15, 0.2) is 0 Å². The highest BCUT2D eigenvalue weighted by Gasteiger charge is 2.43. The van der Waals surface area contributed by atoms with Crippen molar-refractivity contribution in [1.82, 2.24) is 0 Å². The van der Waals surface area contributed by atoms with Crippen LogP contribution in [0.15, 0.2) is 66.7 Å². The van der Waals surface area contributed by atoms with E-state index in [1.54, 1.807) is 25.3 Å². The molecule has 0 bridgehead atoms. The second-order valence-corrected chi connectivity index (χ2v) is 7.49. The molecule has 29 heavy (non-hydrogen) atoms. The first-order valence-electron chi connectivity index (χ1n) is 9.40. The zero-order valence-corrected chi connectivity index (χ0v) is 16.4. The maximum Gasteiger partial charge on any atom is 0.248 e. The van der Waals surface area contributed by atoms with Gasteiger partial charge in [-0.15, -0.1) is 0 Å². The smallest absolute Gasteiger partial charge is 0.248 e. The highest BCUT2D eigenvalue weighted by Crippen LogP contribution is 2.45. The zero-order valence-electron chi connectivity index (χ0n) is 16.4. The minimum Gasteiger partial charge on any atom is -0.497 e. The molecule has 0 fully saturated rings. The molecule has 3 aromatic carbocycles. The molecule has 0 saturated carbocycles. The average Bonchev–Trinajstić information content (AvgIpc) is 2.98. The van der Waals surface area contributed by atoms with Crippen LogP contribution in [0.25, 0.3) is 11.1 Å². The number of fused-ring (bicyclic) bond motifs is 1. The number of amides is 2. The van der Waals surface area contributed by atoms with Gasteiger partial charge in [-0.1, -0.05) is 42.5 Å². The Hall–Kier alpha value is -3.60. The van der Waals surface area contributed by atoms with Crippen LogP contribution in [-0.2, 0) is 16.6 Å². The van der Waals surface area contributed by atoms with Crippen LogP contribution in [0.2, 0.25) is 0 Å². The van der Waals surface area contributed by atoms with Crippen LogP contribution in [0.5, 0.6) is 5.75 Å². The molecule has 2 amide bonds. The fourth-order valence-corrected chi connectivity index (χ4v) is 3.97. The topological polar surface area (TPSA) is 81.4 Å². The van der Waals surface area contributed by atoms with Crippen molar-refractivity contribution in [2.24, 2.45) is 5.73 Å². The van der Waals surface area contributed by atoms with Crippen LogP contribution in [0.1, 0.15) is 28.4 Å². The summed E-state index contributed by atoms with van der Waals surface area (Å²) in [5.74, 6) is 0.219. The first-order valence-corrected chi connectivity index (χ1v) is 9.40. The van der Waals surface area contributed by atoms with E-state index in [-0.39, 0.29) is 5.91 Å². The molecular formula is C24H22N2O3. The Labute approximate surface area is 169 Å². The number of ether oxygens (including phenoxy) is 1. The summed E-state index contributed by atoms with van der Waals surface area (Å²) in [6, 6.07) is 20.8. The number of nitrogens with two attached hydrogens (primary N) is 1. The number of anilines is 1. The Kier molecular flexibility index (Phi) is 4.59. The molecule has 5 heteroatoms. The quantitative estimate of drug-likeness (QED) is 0.697. The summed E-state index contributed by atoms with van der Waals surface area (Å²) < 4.78 is 5.34. The third kappa shape index (κ3) is 3.25. The molecule has 1 unspecified atom stereocenters. The normalized spacial score (nSPS) is 17.5. The van der Waals surface area contributed by atoms with Gasteiger partial charge in [-0.05, 0) is 54.3 Å². The van der Waals surface area contributed by atoms with Crippen LogP contribution in [0.4, 0.5) is 5.69 Å². The Morgan fingerprint density at radius 2 is 1.83 bits per heavy atom. The summed E-state index contributed by atoms with van der Waals surface area (Å²) in [5, 5.41) is 3.08. The zero-order chi connectivity index (χ0) is 20.6. The predicted octanol–water partition coefficient (Wildman–Crippen LogP) is 3.91. The van der Waals surface area contributed by atoms with E-state index in [0.717, 1.165) is 33.7 Å². The van der Waals surface area contributed by atoms with E-state index < -0.39 is 11.3 Å². The van der Waals surface area contributed by atoms with Crippen LogP contribution >= 0.6 is 0 Å². The molecule has 1 heterocycles. The molecule has 3 aromatic rings. The van der Waals surface area contributed by atoms with E-state index in [9.17, 15) is 9.59 Å². The van der Waals surface area contributed by atoms with E-state index in [1.807, 2.05) is 55.5 Å². The molecule has 0 aliphatic carbocycles. The lowest BCUT2D eigenvalue weighted by Crippen LogP contribution is -2.33. The number of hydrogen-bond acceptors (Lipinski definition) is 3. The molecule has 0 saturated heterocycles. The van der Waals surface area contributed by atoms with Crippen molar-refractivity contribution in [3.05, 3.63) is 83.4 Å². The first-order chi connectivity index (χ1) is 13.9. The molecule has 4 rings (SSSR count). The lowest BCUT2D eigenvalue weighted by atomic mass is 9.77. The minimum atomic E-state index is -0.750. The van der Waals surface area contributed by atoms with Gasteiger partial charge in [0.25, 0.3) is 0 Å². The van der Waals surface area contributed by atoms with Gasteiger partial charge in [0.2, 0.25) is 11.8 Å². The van der Waals surface area contributed by atoms with Gasteiger partial charge < -0.3 is 15.8 Å². The summed E-state index contributed by atoms with van der Waals surface area (Å²) in [4.78, 5) is 24.6. The van der Waals surface area contributed by atoms with E-state index in [2.05, 4.69) is 5.32 Å². The lowest BCUT2D eigenvalue weighted by molar-refractivity contribution is -0.120. The molecular weight excluding hydrogens is 364 g/mol. The number of benzene rings is 3. The highest BCUT2D eigenvalue weighted by molar-refractivity contribution is 6.09. The van der Waals surface area contributed by atoms with Crippen LogP contribution < -0.4 is 15.8 Å². The third-order valence-electron chi connectivity index (χ3n) is 5.55. The number of rotatable bonds is 5. The van der Waals surface area contributed by atoms with Crippen molar-refractivity contribution in [2.75, 3.05) is 12.4 Å². The number of methoxy groups -OCH3 is 1. The highest BCUT2D eigenvalue weighted by atomic mass is 16.5. The summed E-state index contributed by atoms with van der Waals surface area (Å²) in [5.41, 5.74) is 9.66. The summed E-state index contributed by atoms with van der Waals surface area (Å²) in [6.45, 7) is 1.93. The van der Waals surface area contributed by atoms with Crippen molar-refractivity contribution in [3.63, 3.8) is 0 Å². The lowest BCUT2D eigenvalue weighted by Gasteiger charge is -2.23. The first kappa shape index (κ1) is 18.7. The summed E-state index contributed by atoms with van der Waals surface area (Å²) in [7, 11) is 1.63. The molecule has 146 valence electrons. The summed E-state index contributed by atoms with van der Waals surface area (Å²) in [6.07, 6.45) is 0.467. The third-order valence-corrected chi connectivity index (χ3v) is 5.55. The number of carbonyl (C=O) groups excluding carboxylic acids is 2. The number of carbonyl (C=O) groups is 2. The van der Waals surface area contributed by atoms with Crippen LogP contribution in [0, 0.1) is 0 Å². The number of nitrogens with one attached hydrogen (secondary N) is 1. The van der Waals surface area contributed by atoms with Gasteiger partial charge in [-0.3, -0.25) is 9.59 Å². The maximum absolute atomic E-state index is 13.1. The summed E-state index contributed by atoms with van der Waals surface area (Å²) >= 11 is 0. The van der Waals surface area contributed by atoms with E-state index >= 15 is 0 Å². The number of para-hydroxylation sites is 1. The monoisotopic (exact) mass is 386 g/mol. The van der Waals surface area contributed by atoms with Gasteiger partial charge in [0.05, 0.1) is 18.2 Å². The minimum absolute atomic E-state index is 0.0627. The Bertz CT molecular complexity index is 1120. The molecule has 1 atom stereocenters. The van der Waals surface area contributed by atoms with Crippen LogP contribution in [-0.4, -0.2) is 18.9 Å². The average molecular weight is 386 g/mol. The van der Waals surface area contributed by atoms with E-state index in [4.69, 9.17) is 10.5 Å². The van der Waals surface area contributed by atoms with Crippen molar-refractivity contribution in [3.8, 4) is 16.9 Å². The largest absolute Gasteiger partial charge is 0.497 e. The maximum atomic E-state index is 13.1. The number of hydrogen-bond donors (Lipinski definition) is 2. The SMILES string of the molecule is COc1cccc(-c2cccc3c2NC(=O)C3(C)Cc2cccc(C(N)=O)c2)c1. The Morgan fingerprint density at radius 3 is 2.59 bits per heavy atom. The van der Waals surface area contributed by atoms with E-state index in [1.165, 1.54) is 0 Å². The van der Waals surface area contributed by atoms with Gasteiger partial charge in [-0.25, -0.2) is 0 Å². The molecule has 0 aromatic heterocycles. The second-order valence-electron chi connectivity index (χ2n) is 7.49. The molecule has 0 spiro atoms. The van der Waals surface area contributed by atoms with Gasteiger partial charge in [-0.2, -0.15) is 0 Å². The standard InChI is InChI=1S/C24H22N2O3/c1-24(14-15-6-3-8-17(12-15)22(25)27)20-11-5-10-19(21(20)26-23(24)28)16-7-4-9-18(13-16)29-2/h3-13H,14H2,1-2H3,(H2,25,27)(H,26,28). The molecule has 1 aliphatic rings. The van der Waals surface area contributed by atoms with Crippen molar-refractivity contribution in [1.29, 1.82) is 0 Å². The second kappa shape index (κ2) is 7.09. The molecule has 0 radical (unpaired) electrons. The predicted molar refractivity (Wildman–Crippen MR) is 113 cm³/mol. The van der Waals surface area contributed by atoms with Gasteiger partial charge in [0, 0.05) is 11.1 Å². The van der Waals surface area contributed by atoms with Crippen molar-refractivity contribution < 1.29 is 14.3 Å². The fourth-order valence-electron chi connectivity index (χ4n) is 3.97. The van der Waals surface area contributed by atoms with Gasteiger partial charge in [0.1, 0.15) is 5.75 Å². The fraction of sp³-hybridized carbons (Fsp3) is 0.167. The van der Waals surface area contributed by atoms with Crippen molar-refractivity contribution in [2.45, 2.75) is 18.8 Å².